The Bertz CT molecular complexity index is 476. The van der Waals surface area contributed by atoms with Crippen LogP contribution >= 0.6 is 11.6 Å². The average molecular weight is 280 g/mol. The van der Waals surface area contributed by atoms with Gasteiger partial charge in [0.1, 0.15) is 5.82 Å². The molecule has 0 saturated carbocycles. The van der Waals surface area contributed by atoms with Crippen LogP contribution in [-0.2, 0) is 16.4 Å². The third-order valence-electron chi connectivity index (χ3n) is 2.38. The third kappa shape index (κ3) is 4.61. The maximum Gasteiger partial charge on any atom is 0.151 e. The van der Waals surface area contributed by atoms with Crippen molar-refractivity contribution in [3.8, 4) is 0 Å². The number of rotatable bonds is 6. The van der Waals surface area contributed by atoms with Gasteiger partial charge < -0.3 is 5.32 Å². The van der Waals surface area contributed by atoms with E-state index in [1.54, 1.807) is 19.1 Å². The van der Waals surface area contributed by atoms with Crippen LogP contribution in [0.1, 0.15) is 12.5 Å². The lowest BCUT2D eigenvalue weighted by Crippen LogP contribution is -2.23. The first-order valence-corrected chi connectivity index (χ1v) is 7.50. The van der Waals surface area contributed by atoms with Crippen LogP contribution in [0.25, 0.3) is 0 Å². The second-order valence-corrected chi connectivity index (χ2v) is 6.48. The zero-order valence-electron chi connectivity index (χ0n) is 9.54. The Hall–Kier alpha value is -0.650. The minimum Gasteiger partial charge on any atom is -0.312 e. The topological polar surface area (TPSA) is 46.2 Å². The number of hydrogen-bond donors (Lipinski definition) is 1. The van der Waals surface area contributed by atoms with E-state index in [2.05, 4.69) is 5.32 Å². The highest BCUT2D eigenvalue weighted by Gasteiger charge is 2.08. The van der Waals surface area contributed by atoms with Crippen LogP contribution in [0.2, 0.25) is 5.02 Å². The van der Waals surface area contributed by atoms with E-state index in [1.165, 1.54) is 6.07 Å². The smallest absolute Gasteiger partial charge is 0.151 e. The lowest BCUT2D eigenvalue weighted by atomic mass is 10.2. The predicted octanol–water partition coefficient (Wildman–Crippen LogP) is 2.00. The van der Waals surface area contributed by atoms with Crippen molar-refractivity contribution in [2.45, 2.75) is 13.5 Å². The van der Waals surface area contributed by atoms with Crippen molar-refractivity contribution < 1.29 is 12.8 Å². The molecule has 1 aromatic rings. The van der Waals surface area contributed by atoms with Crippen molar-refractivity contribution in [3.05, 3.63) is 34.6 Å². The van der Waals surface area contributed by atoms with Crippen LogP contribution in [0.3, 0.4) is 0 Å². The summed E-state index contributed by atoms with van der Waals surface area (Å²) in [5.74, 6) is -0.251. The fourth-order valence-electron chi connectivity index (χ4n) is 1.28. The molecular weight excluding hydrogens is 265 g/mol. The van der Waals surface area contributed by atoms with Crippen LogP contribution in [-0.4, -0.2) is 26.5 Å². The van der Waals surface area contributed by atoms with Gasteiger partial charge >= 0.3 is 0 Å². The summed E-state index contributed by atoms with van der Waals surface area (Å²) >= 11 is 5.76. The zero-order valence-corrected chi connectivity index (χ0v) is 11.1. The van der Waals surface area contributed by atoms with Gasteiger partial charge in [-0.3, -0.25) is 0 Å². The monoisotopic (exact) mass is 279 g/mol. The minimum atomic E-state index is -2.96. The summed E-state index contributed by atoms with van der Waals surface area (Å²) in [6.07, 6.45) is 0. The number of nitrogens with one attached hydrogen (secondary N) is 1. The molecule has 1 aromatic carbocycles. The Kier molecular flexibility index (Phi) is 5.36. The normalized spacial score (nSPS) is 11.7. The molecule has 3 nitrogen and oxygen atoms in total. The van der Waals surface area contributed by atoms with Gasteiger partial charge in [-0.15, -0.1) is 0 Å². The SMILES string of the molecule is CCS(=O)(=O)CCNCc1cccc(F)c1Cl. The van der Waals surface area contributed by atoms with Gasteiger partial charge in [0.2, 0.25) is 0 Å². The summed E-state index contributed by atoms with van der Waals surface area (Å²) in [5.41, 5.74) is 0.626. The highest BCUT2D eigenvalue weighted by molar-refractivity contribution is 7.91. The maximum absolute atomic E-state index is 13.1. The Labute approximate surface area is 106 Å². The van der Waals surface area contributed by atoms with E-state index in [4.69, 9.17) is 11.6 Å². The van der Waals surface area contributed by atoms with Gasteiger partial charge in [-0.25, -0.2) is 12.8 Å². The lowest BCUT2D eigenvalue weighted by Gasteiger charge is -2.07. The summed E-state index contributed by atoms with van der Waals surface area (Å²) in [6, 6.07) is 4.56. The van der Waals surface area contributed by atoms with Gasteiger partial charge in [0.05, 0.1) is 10.8 Å². The van der Waals surface area contributed by atoms with E-state index in [9.17, 15) is 12.8 Å². The molecule has 0 fully saturated rings. The Morgan fingerprint density at radius 3 is 2.76 bits per heavy atom. The number of benzene rings is 1. The highest BCUT2D eigenvalue weighted by atomic mass is 35.5. The van der Waals surface area contributed by atoms with Crippen LogP contribution in [0.15, 0.2) is 18.2 Å². The van der Waals surface area contributed by atoms with Gasteiger partial charge in [-0.2, -0.15) is 0 Å². The largest absolute Gasteiger partial charge is 0.312 e. The summed E-state index contributed by atoms with van der Waals surface area (Å²) in [6.45, 7) is 2.30. The van der Waals surface area contributed by atoms with Gasteiger partial charge in [0.25, 0.3) is 0 Å². The molecule has 0 atom stereocenters. The Morgan fingerprint density at radius 2 is 2.12 bits per heavy atom. The highest BCUT2D eigenvalue weighted by Crippen LogP contribution is 2.19. The van der Waals surface area contributed by atoms with E-state index in [0.29, 0.717) is 18.7 Å². The van der Waals surface area contributed by atoms with Crippen LogP contribution in [0.4, 0.5) is 4.39 Å². The van der Waals surface area contributed by atoms with E-state index in [-0.39, 0.29) is 16.5 Å². The van der Waals surface area contributed by atoms with E-state index in [1.807, 2.05) is 0 Å². The van der Waals surface area contributed by atoms with E-state index >= 15 is 0 Å². The molecule has 0 aromatic heterocycles. The van der Waals surface area contributed by atoms with Crippen LogP contribution in [0, 0.1) is 5.82 Å². The van der Waals surface area contributed by atoms with Crippen molar-refractivity contribution in [1.82, 2.24) is 5.32 Å². The zero-order chi connectivity index (χ0) is 12.9. The van der Waals surface area contributed by atoms with Crippen molar-refractivity contribution in [3.63, 3.8) is 0 Å². The molecule has 0 bridgehead atoms. The molecule has 0 unspecified atom stereocenters. The molecule has 0 amide bonds. The second kappa shape index (κ2) is 6.33. The first-order chi connectivity index (χ1) is 7.96. The lowest BCUT2D eigenvalue weighted by molar-refractivity contribution is 0.591. The molecule has 0 heterocycles. The first kappa shape index (κ1) is 14.4. The average Bonchev–Trinajstić information content (AvgIpc) is 2.30. The van der Waals surface area contributed by atoms with Crippen molar-refractivity contribution in [2.75, 3.05) is 18.1 Å². The van der Waals surface area contributed by atoms with Crippen LogP contribution in [0.5, 0.6) is 0 Å². The summed E-state index contributed by atoms with van der Waals surface area (Å²) in [7, 11) is -2.96. The van der Waals surface area contributed by atoms with Crippen molar-refractivity contribution in [1.29, 1.82) is 0 Å². The molecule has 17 heavy (non-hydrogen) atoms. The predicted molar refractivity (Wildman–Crippen MR) is 67.4 cm³/mol. The fraction of sp³-hybridized carbons (Fsp3) is 0.455. The summed E-state index contributed by atoms with van der Waals surface area (Å²) < 4.78 is 35.5. The van der Waals surface area contributed by atoms with Crippen LogP contribution < -0.4 is 5.32 Å². The van der Waals surface area contributed by atoms with E-state index < -0.39 is 15.7 Å². The molecule has 0 aliphatic carbocycles. The standard InChI is InChI=1S/C11H15ClFNO2S/c1-2-17(15,16)7-6-14-8-9-4-3-5-10(13)11(9)12/h3-5,14H,2,6-8H2,1H3. The Balaban J connectivity index is 2.44. The van der Waals surface area contributed by atoms with Crippen molar-refractivity contribution >= 4 is 21.4 Å². The molecule has 6 heteroatoms. The first-order valence-electron chi connectivity index (χ1n) is 5.30. The van der Waals surface area contributed by atoms with Gasteiger partial charge in [0.15, 0.2) is 9.84 Å². The second-order valence-electron chi connectivity index (χ2n) is 3.63. The fourth-order valence-corrected chi connectivity index (χ4v) is 2.22. The van der Waals surface area contributed by atoms with Gasteiger partial charge in [-0.05, 0) is 11.6 Å². The molecular formula is C11H15ClFNO2S. The molecule has 0 saturated heterocycles. The molecule has 0 spiro atoms. The van der Waals surface area contributed by atoms with E-state index in [0.717, 1.165) is 0 Å². The van der Waals surface area contributed by atoms with Gasteiger partial charge in [0, 0.05) is 18.8 Å². The number of halogens is 2. The Morgan fingerprint density at radius 1 is 1.41 bits per heavy atom. The van der Waals surface area contributed by atoms with Gasteiger partial charge in [-0.1, -0.05) is 30.7 Å². The number of sulfone groups is 1. The van der Waals surface area contributed by atoms with Crippen molar-refractivity contribution in [2.24, 2.45) is 0 Å². The maximum atomic E-state index is 13.1. The summed E-state index contributed by atoms with van der Waals surface area (Å²) in [4.78, 5) is 0. The quantitative estimate of drug-likeness (QED) is 0.810. The summed E-state index contributed by atoms with van der Waals surface area (Å²) in [5, 5.41) is 3.01. The molecule has 0 aliphatic heterocycles. The number of hydrogen-bond acceptors (Lipinski definition) is 3. The molecule has 0 radical (unpaired) electrons. The minimum absolute atomic E-state index is 0.0798. The molecule has 1 N–H and O–H groups in total. The molecule has 96 valence electrons. The molecule has 0 aliphatic rings. The molecule has 1 rings (SSSR count). The third-order valence-corrected chi connectivity index (χ3v) is 4.51.